The average molecular weight is 396 g/mol. The summed E-state index contributed by atoms with van der Waals surface area (Å²) in [6.45, 7) is 6.22. The Morgan fingerprint density at radius 1 is 0.966 bits per heavy atom. The molecule has 0 aliphatic carbocycles. The lowest BCUT2D eigenvalue weighted by Gasteiger charge is -2.17. The number of carbonyl (C=O) groups is 1. The number of amides is 1. The van der Waals surface area contributed by atoms with E-state index in [0.29, 0.717) is 26.2 Å². The highest BCUT2D eigenvalue weighted by atomic mass is 16.5. The Kier molecular flexibility index (Phi) is 6.75. The molecule has 3 aromatic rings. The molecule has 154 valence electrons. The van der Waals surface area contributed by atoms with Gasteiger partial charge in [-0.1, -0.05) is 31.2 Å². The summed E-state index contributed by atoms with van der Waals surface area (Å²) < 4.78 is 8.96. The zero-order valence-corrected chi connectivity index (χ0v) is 17.4. The number of fused-ring (bicyclic) bond motifs is 1. The number of ether oxygens (including phenoxy) is 1. The Labute approximate surface area is 171 Å². The molecule has 0 aliphatic rings. The van der Waals surface area contributed by atoms with Gasteiger partial charge in [-0.15, -0.1) is 0 Å². The number of carbonyl (C=O) groups excluding carboxylic acids is 1. The fourth-order valence-electron chi connectivity index (χ4n) is 3.55. The van der Waals surface area contributed by atoms with E-state index in [1.54, 1.807) is 21.1 Å². The molecule has 3 rings (SSSR count). The maximum absolute atomic E-state index is 12.8. The van der Waals surface area contributed by atoms with Crippen molar-refractivity contribution in [2.45, 2.75) is 46.3 Å². The number of benzene rings is 2. The van der Waals surface area contributed by atoms with Crippen LogP contribution in [0, 0.1) is 0 Å². The molecule has 0 spiro atoms. The van der Waals surface area contributed by atoms with Crippen LogP contribution in [0.25, 0.3) is 11.0 Å². The first-order chi connectivity index (χ1) is 14.0. The SMILES string of the molecule is CCCn1c(=O)n(CCC(=O)N(C)Cc2ccc(OCC)cc2)c2ccccc21. The minimum atomic E-state index is -0.0463. The molecule has 0 N–H and O–H groups in total. The highest BCUT2D eigenvalue weighted by Gasteiger charge is 2.15. The number of aryl methyl sites for hydroxylation is 2. The van der Waals surface area contributed by atoms with Crippen molar-refractivity contribution in [3.8, 4) is 5.75 Å². The highest BCUT2D eigenvalue weighted by Crippen LogP contribution is 2.15. The fraction of sp³-hybridized carbons (Fsp3) is 0.391. The van der Waals surface area contributed by atoms with E-state index >= 15 is 0 Å². The van der Waals surface area contributed by atoms with Crippen molar-refractivity contribution in [2.24, 2.45) is 0 Å². The van der Waals surface area contributed by atoms with Crippen LogP contribution in [0.2, 0.25) is 0 Å². The smallest absolute Gasteiger partial charge is 0.329 e. The molecule has 0 radical (unpaired) electrons. The first-order valence-corrected chi connectivity index (χ1v) is 10.2. The van der Waals surface area contributed by atoms with Crippen molar-refractivity contribution in [1.82, 2.24) is 14.0 Å². The number of nitrogens with zero attached hydrogens (tertiary/aromatic N) is 3. The zero-order valence-electron chi connectivity index (χ0n) is 17.4. The second kappa shape index (κ2) is 9.45. The molecule has 0 aliphatic heterocycles. The van der Waals surface area contributed by atoms with E-state index < -0.39 is 0 Å². The number of hydrogen-bond acceptors (Lipinski definition) is 3. The highest BCUT2D eigenvalue weighted by molar-refractivity contribution is 5.78. The summed E-state index contributed by atoms with van der Waals surface area (Å²) in [4.78, 5) is 27.2. The van der Waals surface area contributed by atoms with Gasteiger partial charge in [-0.2, -0.15) is 0 Å². The van der Waals surface area contributed by atoms with Crippen LogP contribution in [-0.4, -0.2) is 33.6 Å². The predicted octanol–water partition coefficient (Wildman–Crippen LogP) is 3.66. The van der Waals surface area contributed by atoms with Crippen LogP contribution in [0.15, 0.2) is 53.3 Å². The lowest BCUT2D eigenvalue weighted by molar-refractivity contribution is -0.130. The number of rotatable bonds is 9. The molecule has 6 nitrogen and oxygen atoms in total. The molecule has 1 amide bonds. The van der Waals surface area contributed by atoms with Crippen LogP contribution in [0.3, 0.4) is 0 Å². The van der Waals surface area contributed by atoms with Crippen molar-refractivity contribution in [2.75, 3.05) is 13.7 Å². The van der Waals surface area contributed by atoms with Crippen molar-refractivity contribution in [3.63, 3.8) is 0 Å². The van der Waals surface area contributed by atoms with Gasteiger partial charge < -0.3 is 9.64 Å². The first kappa shape index (κ1) is 20.7. The molecule has 0 bridgehead atoms. The zero-order chi connectivity index (χ0) is 20.8. The largest absolute Gasteiger partial charge is 0.494 e. The Morgan fingerprint density at radius 2 is 1.59 bits per heavy atom. The number of imidazole rings is 1. The van der Waals surface area contributed by atoms with Crippen LogP contribution in [0.1, 0.15) is 32.3 Å². The van der Waals surface area contributed by atoms with E-state index in [9.17, 15) is 9.59 Å². The summed E-state index contributed by atoms with van der Waals surface area (Å²) in [6.07, 6.45) is 1.17. The third-order valence-electron chi connectivity index (χ3n) is 5.00. The second-order valence-corrected chi connectivity index (χ2v) is 7.15. The topological polar surface area (TPSA) is 56.5 Å². The lowest BCUT2D eigenvalue weighted by Crippen LogP contribution is -2.30. The van der Waals surface area contributed by atoms with E-state index in [1.165, 1.54) is 0 Å². The van der Waals surface area contributed by atoms with Gasteiger partial charge in [0, 0.05) is 33.1 Å². The van der Waals surface area contributed by atoms with Crippen LogP contribution in [0.4, 0.5) is 0 Å². The molecule has 2 aromatic carbocycles. The van der Waals surface area contributed by atoms with Crippen molar-refractivity contribution < 1.29 is 9.53 Å². The molecule has 0 saturated heterocycles. The molecular formula is C23H29N3O3. The van der Waals surface area contributed by atoms with Gasteiger partial charge in [0.1, 0.15) is 5.75 Å². The van der Waals surface area contributed by atoms with Crippen molar-refractivity contribution in [3.05, 3.63) is 64.6 Å². The van der Waals surface area contributed by atoms with Gasteiger partial charge in [-0.25, -0.2) is 4.79 Å². The van der Waals surface area contributed by atoms with E-state index in [-0.39, 0.29) is 18.0 Å². The van der Waals surface area contributed by atoms with Crippen LogP contribution < -0.4 is 10.4 Å². The Morgan fingerprint density at radius 3 is 2.17 bits per heavy atom. The van der Waals surface area contributed by atoms with E-state index in [4.69, 9.17) is 4.74 Å². The summed E-state index contributed by atoms with van der Waals surface area (Å²) in [6, 6.07) is 15.5. The van der Waals surface area contributed by atoms with Crippen molar-refractivity contribution >= 4 is 16.9 Å². The molecule has 1 aromatic heterocycles. The molecule has 0 saturated carbocycles. The second-order valence-electron chi connectivity index (χ2n) is 7.15. The van der Waals surface area contributed by atoms with Crippen LogP contribution >= 0.6 is 0 Å². The molecule has 1 heterocycles. The molecule has 0 atom stereocenters. The maximum atomic E-state index is 12.8. The van der Waals surface area contributed by atoms with Crippen molar-refractivity contribution in [1.29, 1.82) is 0 Å². The third kappa shape index (κ3) is 4.70. The molecule has 6 heteroatoms. The van der Waals surface area contributed by atoms with Gasteiger partial charge in [0.05, 0.1) is 17.6 Å². The number of hydrogen-bond donors (Lipinski definition) is 0. The predicted molar refractivity (Wildman–Crippen MR) is 115 cm³/mol. The van der Waals surface area contributed by atoms with E-state index in [1.807, 2.05) is 55.5 Å². The lowest BCUT2D eigenvalue weighted by atomic mass is 10.2. The van der Waals surface area contributed by atoms with Gasteiger partial charge in [0.25, 0.3) is 0 Å². The Hall–Kier alpha value is -3.02. The van der Waals surface area contributed by atoms with Gasteiger partial charge in [0.15, 0.2) is 0 Å². The normalized spacial score (nSPS) is 11.0. The summed E-state index contributed by atoms with van der Waals surface area (Å²) >= 11 is 0. The van der Waals surface area contributed by atoms with Gasteiger partial charge in [0.2, 0.25) is 5.91 Å². The van der Waals surface area contributed by atoms with Gasteiger partial charge >= 0.3 is 5.69 Å². The monoisotopic (exact) mass is 395 g/mol. The first-order valence-electron chi connectivity index (χ1n) is 10.2. The minimum absolute atomic E-state index is 0.0121. The number of aromatic nitrogens is 2. The Bertz CT molecular complexity index is 1020. The summed E-state index contributed by atoms with van der Waals surface area (Å²) in [5.74, 6) is 0.839. The average Bonchev–Trinajstić information content (AvgIpc) is 2.99. The van der Waals surface area contributed by atoms with Crippen LogP contribution in [0.5, 0.6) is 5.75 Å². The van der Waals surface area contributed by atoms with E-state index in [0.717, 1.165) is 28.8 Å². The number of para-hydroxylation sites is 2. The molecular weight excluding hydrogens is 366 g/mol. The quantitative estimate of drug-likeness (QED) is 0.556. The van der Waals surface area contributed by atoms with Gasteiger partial charge in [-0.3, -0.25) is 13.9 Å². The summed E-state index contributed by atoms with van der Waals surface area (Å²) in [7, 11) is 1.79. The fourth-order valence-corrected chi connectivity index (χ4v) is 3.55. The third-order valence-corrected chi connectivity index (χ3v) is 5.00. The van der Waals surface area contributed by atoms with Crippen LogP contribution in [-0.2, 0) is 24.4 Å². The molecule has 0 fully saturated rings. The summed E-state index contributed by atoms with van der Waals surface area (Å²) in [5, 5.41) is 0. The van der Waals surface area contributed by atoms with Gasteiger partial charge in [-0.05, 0) is 43.2 Å². The standard InChI is InChI=1S/C23H29N3O3/c1-4-15-25-20-8-6-7-9-21(20)26(23(25)28)16-14-22(27)24(3)17-18-10-12-19(13-11-18)29-5-2/h6-13H,4-5,14-17H2,1-3H3. The Balaban J connectivity index is 1.67. The molecule has 29 heavy (non-hydrogen) atoms. The minimum Gasteiger partial charge on any atom is -0.494 e. The van der Waals surface area contributed by atoms with E-state index in [2.05, 4.69) is 6.92 Å². The molecule has 0 unspecified atom stereocenters. The summed E-state index contributed by atoms with van der Waals surface area (Å²) in [5.41, 5.74) is 2.80. The maximum Gasteiger partial charge on any atom is 0.329 e.